The monoisotopic (exact) mass is 456 g/mol. The normalized spacial score (nSPS) is 12.3. The van der Waals surface area contributed by atoms with Crippen molar-refractivity contribution in [2.75, 3.05) is 5.32 Å². The number of rotatable bonds is 3. The predicted octanol–water partition coefficient (Wildman–Crippen LogP) is 4.33. The van der Waals surface area contributed by atoms with Crippen molar-refractivity contribution in [1.29, 1.82) is 0 Å². The van der Waals surface area contributed by atoms with Crippen molar-refractivity contribution >= 4 is 23.1 Å². The van der Waals surface area contributed by atoms with Crippen LogP contribution >= 0.6 is 11.3 Å². The van der Waals surface area contributed by atoms with Gasteiger partial charge in [0.25, 0.3) is 11.5 Å². The fraction of sp³-hybridized carbons (Fsp3) is 0.522. The molecule has 0 unspecified atom stereocenters. The van der Waals surface area contributed by atoms with Gasteiger partial charge in [0.05, 0.1) is 28.2 Å². The molecule has 3 aromatic rings. The third kappa shape index (κ3) is 4.39. The van der Waals surface area contributed by atoms with E-state index < -0.39 is 0 Å². The van der Waals surface area contributed by atoms with Gasteiger partial charge in [0, 0.05) is 18.5 Å². The molecule has 3 heterocycles. The standard InChI is InChI=1S/C23H32N6O2S/c1-12-13(2)26-28(10)21(31)17(12)20-24-14(3)18(32-20)19(30)25-16-11-15(22(4,5)6)27-29(16)23(7,8)9/h11H,1-10H3,(H,25,30). The molecule has 1 N–H and O–H groups in total. The Labute approximate surface area is 192 Å². The van der Waals surface area contributed by atoms with Crippen LogP contribution in [0.1, 0.15) is 73.9 Å². The molecule has 0 aliphatic rings. The summed E-state index contributed by atoms with van der Waals surface area (Å²) in [5.74, 6) is 0.367. The number of aryl methyl sites for hydroxylation is 3. The Morgan fingerprint density at radius 1 is 1.03 bits per heavy atom. The maximum Gasteiger partial charge on any atom is 0.277 e. The Hall–Kier alpha value is -2.81. The summed E-state index contributed by atoms with van der Waals surface area (Å²) in [5.41, 5.74) is 2.81. The van der Waals surface area contributed by atoms with E-state index in [2.05, 4.69) is 36.2 Å². The molecule has 1 amide bonds. The van der Waals surface area contributed by atoms with Gasteiger partial charge in [-0.05, 0) is 47.1 Å². The summed E-state index contributed by atoms with van der Waals surface area (Å²) in [7, 11) is 1.62. The summed E-state index contributed by atoms with van der Waals surface area (Å²) in [6.07, 6.45) is 0. The lowest BCUT2D eigenvalue weighted by Gasteiger charge is -2.23. The lowest BCUT2D eigenvalue weighted by Crippen LogP contribution is -2.27. The number of thiazole rings is 1. The van der Waals surface area contributed by atoms with Crippen molar-refractivity contribution < 1.29 is 4.79 Å². The predicted molar refractivity (Wildman–Crippen MR) is 129 cm³/mol. The second kappa shape index (κ2) is 7.95. The molecular weight excluding hydrogens is 424 g/mol. The van der Waals surface area contributed by atoms with Gasteiger partial charge in [-0.1, -0.05) is 20.8 Å². The molecule has 3 rings (SSSR count). The SMILES string of the molecule is Cc1nc(-c2c(C)c(C)nn(C)c2=O)sc1C(=O)Nc1cc(C(C)(C)C)nn1C(C)(C)C. The van der Waals surface area contributed by atoms with Crippen LogP contribution in [-0.4, -0.2) is 30.5 Å². The number of amides is 1. The van der Waals surface area contributed by atoms with E-state index in [4.69, 9.17) is 5.10 Å². The number of hydrogen-bond donors (Lipinski definition) is 1. The van der Waals surface area contributed by atoms with Crippen LogP contribution in [0.4, 0.5) is 5.82 Å². The van der Waals surface area contributed by atoms with Gasteiger partial charge < -0.3 is 5.32 Å². The van der Waals surface area contributed by atoms with Gasteiger partial charge in [0.2, 0.25) is 0 Å². The maximum atomic E-state index is 13.2. The lowest BCUT2D eigenvalue weighted by molar-refractivity contribution is 0.102. The summed E-state index contributed by atoms with van der Waals surface area (Å²) < 4.78 is 3.15. The first-order valence-corrected chi connectivity index (χ1v) is 11.4. The van der Waals surface area contributed by atoms with E-state index in [0.29, 0.717) is 27.0 Å². The molecule has 0 aliphatic heterocycles. The molecule has 0 bridgehead atoms. The number of nitrogens with one attached hydrogen (secondary N) is 1. The van der Waals surface area contributed by atoms with Crippen LogP contribution in [0.2, 0.25) is 0 Å². The van der Waals surface area contributed by atoms with Gasteiger partial charge in [0.1, 0.15) is 15.7 Å². The van der Waals surface area contributed by atoms with Crippen molar-refractivity contribution in [2.24, 2.45) is 7.05 Å². The Bertz CT molecular complexity index is 1250. The molecule has 8 nitrogen and oxygen atoms in total. The molecule has 0 atom stereocenters. The molecule has 9 heteroatoms. The minimum Gasteiger partial charge on any atom is -0.306 e. The van der Waals surface area contributed by atoms with Gasteiger partial charge in [-0.25, -0.2) is 14.3 Å². The number of carbonyl (C=O) groups excluding carboxylic acids is 1. The highest BCUT2D eigenvalue weighted by molar-refractivity contribution is 7.17. The fourth-order valence-corrected chi connectivity index (χ4v) is 4.39. The molecule has 0 fully saturated rings. The van der Waals surface area contributed by atoms with E-state index in [1.54, 1.807) is 14.0 Å². The van der Waals surface area contributed by atoms with Gasteiger partial charge in [-0.2, -0.15) is 10.2 Å². The van der Waals surface area contributed by atoms with E-state index in [-0.39, 0.29) is 22.4 Å². The first-order valence-electron chi connectivity index (χ1n) is 10.6. The van der Waals surface area contributed by atoms with Crippen molar-refractivity contribution in [3.05, 3.63) is 43.9 Å². The number of carbonyl (C=O) groups is 1. The summed E-state index contributed by atoms with van der Waals surface area (Å²) in [4.78, 5) is 31.0. The number of nitrogens with zero attached hydrogens (tertiary/aromatic N) is 5. The van der Waals surface area contributed by atoms with Gasteiger partial charge in [-0.3, -0.25) is 9.59 Å². The summed E-state index contributed by atoms with van der Waals surface area (Å²) in [6.45, 7) is 17.9. The molecule has 172 valence electrons. The van der Waals surface area contributed by atoms with E-state index in [0.717, 1.165) is 17.0 Å². The first kappa shape index (κ1) is 23.8. The minimum absolute atomic E-state index is 0.152. The maximum absolute atomic E-state index is 13.2. The van der Waals surface area contributed by atoms with Crippen molar-refractivity contribution in [3.8, 4) is 10.6 Å². The van der Waals surface area contributed by atoms with E-state index in [1.807, 2.05) is 45.4 Å². The zero-order chi connectivity index (χ0) is 24.2. The van der Waals surface area contributed by atoms with Crippen LogP contribution < -0.4 is 10.9 Å². The van der Waals surface area contributed by atoms with E-state index in [9.17, 15) is 9.59 Å². The second-order valence-electron chi connectivity index (χ2n) is 10.1. The summed E-state index contributed by atoms with van der Waals surface area (Å²) in [6, 6.07) is 1.92. The molecule has 0 aliphatic carbocycles. The number of hydrogen-bond acceptors (Lipinski definition) is 6. The molecule has 0 radical (unpaired) electrons. The Morgan fingerprint density at radius 3 is 2.22 bits per heavy atom. The van der Waals surface area contributed by atoms with Gasteiger partial charge in [0.15, 0.2) is 0 Å². The molecular formula is C23H32N6O2S. The van der Waals surface area contributed by atoms with Crippen LogP contribution in [0, 0.1) is 20.8 Å². The molecule has 3 aromatic heterocycles. The zero-order valence-electron chi connectivity index (χ0n) is 20.5. The van der Waals surface area contributed by atoms with Crippen molar-refractivity contribution in [3.63, 3.8) is 0 Å². The Balaban J connectivity index is 2.03. The third-order valence-electron chi connectivity index (χ3n) is 5.30. The first-order chi connectivity index (χ1) is 14.6. The minimum atomic E-state index is -0.308. The molecule has 0 spiro atoms. The van der Waals surface area contributed by atoms with Crippen LogP contribution in [0.15, 0.2) is 10.9 Å². The highest BCUT2D eigenvalue weighted by Gasteiger charge is 2.27. The highest BCUT2D eigenvalue weighted by atomic mass is 32.1. The third-order valence-corrected chi connectivity index (χ3v) is 6.47. The second-order valence-corrected chi connectivity index (χ2v) is 11.1. The Morgan fingerprint density at radius 2 is 1.66 bits per heavy atom. The highest BCUT2D eigenvalue weighted by Crippen LogP contribution is 2.31. The largest absolute Gasteiger partial charge is 0.306 e. The van der Waals surface area contributed by atoms with Gasteiger partial charge in [-0.15, -0.1) is 11.3 Å². The Kier molecular flexibility index (Phi) is 5.93. The molecule has 0 aromatic carbocycles. The van der Waals surface area contributed by atoms with Crippen LogP contribution in [0.25, 0.3) is 10.6 Å². The van der Waals surface area contributed by atoms with Crippen molar-refractivity contribution in [1.82, 2.24) is 24.5 Å². The van der Waals surface area contributed by atoms with Crippen molar-refractivity contribution in [2.45, 2.75) is 73.3 Å². The fourth-order valence-electron chi connectivity index (χ4n) is 3.34. The smallest absolute Gasteiger partial charge is 0.277 e. The average Bonchev–Trinajstić information content (AvgIpc) is 3.24. The van der Waals surface area contributed by atoms with E-state index in [1.165, 1.54) is 16.0 Å². The topological polar surface area (TPSA) is 94.7 Å². The van der Waals surface area contributed by atoms with E-state index >= 15 is 0 Å². The summed E-state index contributed by atoms with van der Waals surface area (Å²) >= 11 is 1.22. The zero-order valence-corrected chi connectivity index (χ0v) is 21.4. The molecule has 32 heavy (non-hydrogen) atoms. The lowest BCUT2D eigenvalue weighted by atomic mass is 9.92. The van der Waals surface area contributed by atoms with Crippen LogP contribution in [-0.2, 0) is 18.0 Å². The molecule has 0 saturated carbocycles. The number of aromatic nitrogens is 5. The van der Waals surface area contributed by atoms with Gasteiger partial charge >= 0.3 is 0 Å². The number of anilines is 1. The quantitative estimate of drug-likeness (QED) is 0.633. The summed E-state index contributed by atoms with van der Waals surface area (Å²) in [5, 5.41) is 12.5. The van der Waals surface area contributed by atoms with Crippen LogP contribution in [0.3, 0.4) is 0 Å². The average molecular weight is 457 g/mol. The van der Waals surface area contributed by atoms with Crippen LogP contribution in [0.5, 0.6) is 0 Å². The molecule has 0 saturated heterocycles.